The van der Waals surface area contributed by atoms with Gasteiger partial charge in [-0.2, -0.15) is 0 Å². The quantitative estimate of drug-likeness (QED) is 0.671. The number of aryl methyl sites for hydroxylation is 1. The van der Waals surface area contributed by atoms with Gasteiger partial charge in [-0.1, -0.05) is 31.2 Å². The molecule has 1 N–H and O–H groups in total. The van der Waals surface area contributed by atoms with Crippen molar-refractivity contribution in [3.8, 4) is 0 Å². The molecule has 0 aliphatic rings. The molecule has 0 aliphatic heterocycles. The summed E-state index contributed by atoms with van der Waals surface area (Å²) in [7, 11) is 0. The van der Waals surface area contributed by atoms with E-state index in [1.807, 2.05) is 24.4 Å². The van der Waals surface area contributed by atoms with Gasteiger partial charge < -0.3 is 5.32 Å². The van der Waals surface area contributed by atoms with Gasteiger partial charge in [0.25, 0.3) is 0 Å². The van der Waals surface area contributed by atoms with Crippen LogP contribution in [0.3, 0.4) is 0 Å². The highest BCUT2D eigenvalue weighted by Crippen LogP contribution is 2.24. The molecular weight excluding hydrogens is 298 g/mol. The van der Waals surface area contributed by atoms with Crippen LogP contribution in [0.4, 0.5) is 23.2 Å². The molecule has 2 aromatic carbocycles. The Kier molecular flexibility index (Phi) is 4.80. The molecule has 2 nitrogen and oxygen atoms in total. The molecule has 2 aromatic rings. The first-order chi connectivity index (χ1) is 10.4. The second-order valence-corrected chi connectivity index (χ2v) is 4.74. The van der Waals surface area contributed by atoms with Gasteiger partial charge in [0.15, 0.2) is 23.3 Å². The number of carbonyl (C=O) groups excluding carboxylic acids is 1. The summed E-state index contributed by atoms with van der Waals surface area (Å²) in [5.41, 5.74) is 0.577. The molecule has 0 atom stereocenters. The van der Waals surface area contributed by atoms with Crippen LogP contribution in [0.2, 0.25) is 0 Å². The highest BCUT2D eigenvalue weighted by atomic mass is 19.2. The van der Waals surface area contributed by atoms with E-state index in [0.717, 1.165) is 12.0 Å². The van der Waals surface area contributed by atoms with Crippen molar-refractivity contribution in [2.45, 2.75) is 19.8 Å². The van der Waals surface area contributed by atoms with Crippen LogP contribution in [0.15, 0.2) is 30.3 Å². The number of rotatable bonds is 4. The Hall–Kier alpha value is -2.37. The lowest BCUT2D eigenvalue weighted by atomic mass is 10.1. The monoisotopic (exact) mass is 311 g/mol. The van der Waals surface area contributed by atoms with Crippen molar-refractivity contribution in [2.75, 3.05) is 5.32 Å². The van der Waals surface area contributed by atoms with E-state index in [-0.39, 0.29) is 12.5 Å². The SMILES string of the molecule is CCc1ccc(CC(=O)Nc2c(F)c(F)cc(F)c2F)cc1. The molecule has 0 aromatic heterocycles. The van der Waals surface area contributed by atoms with Crippen LogP contribution < -0.4 is 5.32 Å². The minimum Gasteiger partial charge on any atom is -0.321 e. The smallest absolute Gasteiger partial charge is 0.228 e. The van der Waals surface area contributed by atoms with Crippen LogP contribution in [0.1, 0.15) is 18.1 Å². The maximum Gasteiger partial charge on any atom is 0.228 e. The van der Waals surface area contributed by atoms with Crippen molar-refractivity contribution < 1.29 is 22.4 Å². The van der Waals surface area contributed by atoms with E-state index in [2.05, 4.69) is 0 Å². The molecule has 22 heavy (non-hydrogen) atoms. The molecule has 0 heterocycles. The second kappa shape index (κ2) is 6.60. The second-order valence-electron chi connectivity index (χ2n) is 4.74. The minimum atomic E-state index is -1.63. The molecule has 0 saturated carbocycles. The fraction of sp³-hybridized carbons (Fsp3) is 0.188. The number of hydrogen-bond donors (Lipinski definition) is 1. The third-order valence-electron chi connectivity index (χ3n) is 3.17. The van der Waals surface area contributed by atoms with Gasteiger partial charge in [0.2, 0.25) is 5.91 Å². The summed E-state index contributed by atoms with van der Waals surface area (Å²) < 4.78 is 53.0. The van der Waals surface area contributed by atoms with E-state index in [0.29, 0.717) is 5.56 Å². The van der Waals surface area contributed by atoms with Crippen LogP contribution in [0.5, 0.6) is 0 Å². The Morgan fingerprint density at radius 2 is 1.45 bits per heavy atom. The molecule has 0 fully saturated rings. The van der Waals surface area contributed by atoms with Gasteiger partial charge in [-0.05, 0) is 17.5 Å². The number of carbonyl (C=O) groups is 1. The van der Waals surface area contributed by atoms with E-state index in [1.54, 1.807) is 12.1 Å². The highest BCUT2D eigenvalue weighted by Gasteiger charge is 2.20. The molecule has 0 saturated heterocycles. The average Bonchev–Trinajstić information content (AvgIpc) is 2.50. The average molecular weight is 311 g/mol. The maximum absolute atomic E-state index is 13.4. The first kappa shape index (κ1) is 16.0. The summed E-state index contributed by atoms with van der Waals surface area (Å²) in [5, 5.41) is 1.87. The van der Waals surface area contributed by atoms with E-state index in [4.69, 9.17) is 0 Å². The number of benzene rings is 2. The fourth-order valence-corrected chi connectivity index (χ4v) is 1.94. The number of anilines is 1. The Labute approximate surface area is 124 Å². The first-order valence-corrected chi connectivity index (χ1v) is 6.63. The summed E-state index contributed by atoms with van der Waals surface area (Å²) >= 11 is 0. The van der Waals surface area contributed by atoms with Crippen molar-refractivity contribution >= 4 is 11.6 Å². The predicted octanol–water partition coefficient (Wildman–Crippen LogP) is 3.99. The molecule has 0 bridgehead atoms. The zero-order valence-corrected chi connectivity index (χ0v) is 11.7. The van der Waals surface area contributed by atoms with Crippen LogP contribution in [-0.4, -0.2) is 5.91 Å². The Bertz CT molecular complexity index is 672. The number of hydrogen-bond acceptors (Lipinski definition) is 1. The van der Waals surface area contributed by atoms with E-state index in [9.17, 15) is 22.4 Å². The summed E-state index contributed by atoms with van der Waals surface area (Å²) in [6.45, 7) is 1.98. The van der Waals surface area contributed by atoms with E-state index < -0.39 is 34.9 Å². The molecular formula is C16H13F4NO. The molecule has 2 rings (SSSR count). The summed E-state index contributed by atoms with van der Waals surface area (Å²) in [6.07, 6.45) is 0.673. The largest absolute Gasteiger partial charge is 0.321 e. The molecule has 0 radical (unpaired) electrons. The lowest BCUT2D eigenvalue weighted by Crippen LogP contribution is -2.17. The van der Waals surface area contributed by atoms with Gasteiger partial charge in [0, 0.05) is 6.07 Å². The Balaban J connectivity index is 2.15. The van der Waals surface area contributed by atoms with Crippen molar-refractivity contribution in [2.24, 2.45) is 0 Å². The third kappa shape index (κ3) is 3.44. The fourth-order valence-electron chi connectivity index (χ4n) is 1.94. The third-order valence-corrected chi connectivity index (χ3v) is 3.17. The summed E-state index contributed by atoms with van der Waals surface area (Å²) in [6, 6.07) is 7.15. The van der Waals surface area contributed by atoms with Gasteiger partial charge in [-0.25, -0.2) is 17.6 Å². The van der Waals surface area contributed by atoms with E-state index >= 15 is 0 Å². The molecule has 116 valence electrons. The van der Waals surface area contributed by atoms with Crippen LogP contribution in [0, 0.1) is 23.3 Å². The van der Waals surface area contributed by atoms with E-state index in [1.165, 1.54) is 0 Å². The number of nitrogens with one attached hydrogen (secondary N) is 1. The molecule has 0 aliphatic carbocycles. The Morgan fingerprint density at radius 1 is 0.955 bits per heavy atom. The van der Waals surface area contributed by atoms with Crippen molar-refractivity contribution in [3.63, 3.8) is 0 Å². The summed E-state index contributed by atoms with van der Waals surface area (Å²) in [5.74, 6) is -7.17. The van der Waals surface area contributed by atoms with Crippen molar-refractivity contribution in [3.05, 3.63) is 64.7 Å². The number of amides is 1. The lowest BCUT2D eigenvalue weighted by molar-refractivity contribution is -0.115. The minimum absolute atomic E-state index is 0.0871. The van der Waals surface area contributed by atoms with Gasteiger partial charge in [0.1, 0.15) is 5.69 Å². The predicted molar refractivity (Wildman–Crippen MR) is 74.4 cm³/mol. The number of halogens is 4. The zero-order valence-electron chi connectivity index (χ0n) is 11.7. The van der Waals surface area contributed by atoms with Crippen LogP contribution in [-0.2, 0) is 17.6 Å². The Morgan fingerprint density at radius 3 is 1.95 bits per heavy atom. The van der Waals surface area contributed by atoms with Gasteiger partial charge >= 0.3 is 0 Å². The topological polar surface area (TPSA) is 29.1 Å². The maximum atomic E-state index is 13.4. The van der Waals surface area contributed by atoms with Crippen LogP contribution >= 0.6 is 0 Å². The van der Waals surface area contributed by atoms with Gasteiger partial charge in [-0.15, -0.1) is 0 Å². The zero-order chi connectivity index (χ0) is 16.3. The molecule has 0 unspecified atom stereocenters. The summed E-state index contributed by atoms with van der Waals surface area (Å²) in [4.78, 5) is 11.8. The van der Waals surface area contributed by atoms with Crippen molar-refractivity contribution in [1.29, 1.82) is 0 Å². The van der Waals surface area contributed by atoms with Gasteiger partial charge in [-0.3, -0.25) is 4.79 Å². The van der Waals surface area contributed by atoms with Crippen LogP contribution in [0.25, 0.3) is 0 Å². The molecule has 1 amide bonds. The van der Waals surface area contributed by atoms with Crippen molar-refractivity contribution in [1.82, 2.24) is 0 Å². The lowest BCUT2D eigenvalue weighted by Gasteiger charge is -2.09. The highest BCUT2D eigenvalue weighted by molar-refractivity contribution is 5.92. The normalized spacial score (nSPS) is 10.6. The molecule has 6 heteroatoms. The standard InChI is InChI=1S/C16H13F4NO/c1-2-9-3-5-10(6-4-9)7-13(22)21-16-14(19)11(17)8-12(18)15(16)20/h3-6,8H,2,7H2,1H3,(H,21,22). The molecule has 0 spiro atoms. The first-order valence-electron chi connectivity index (χ1n) is 6.63. The van der Waals surface area contributed by atoms with Gasteiger partial charge in [0.05, 0.1) is 6.42 Å².